The summed E-state index contributed by atoms with van der Waals surface area (Å²) in [5.41, 5.74) is 3.00. The normalized spacial score (nSPS) is 11.0. The van der Waals surface area contributed by atoms with E-state index in [4.69, 9.17) is 4.98 Å². The lowest BCUT2D eigenvalue weighted by atomic mass is 10.2. The Labute approximate surface area is 186 Å². The lowest BCUT2D eigenvalue weighted by Gasteiger charge is -2.13. The first-order valence-corrected chi connectivity index (χ1v) is 11.1. The number of nitrogens with zero attached hydrogens (tertiary/aromatic N) is 2. The molecular weight excluding hydrogens is 495 g/mol. The molecule has 0 N–H and O–H groups in total. The smallest absolute Gasteiger partial charge is 0.266 e. The molecule has 6 heteroatoms. The van der Waals surface area contributed by atoms with Crippen molar-refractivity contribution in [3.63, 3.8) is 0 Å². The van der Waals surface area contributed by atoms with Crippen molar-refractivity contribution in [2.45, 2.75) is 12.1 Å². The van der Waals surface area contributed by atoms with Crippen LogP contribution in [-0.2, 0) is 0 Å². The van der Waals surface area contributed by atoms with Crippen LogP contribution in [0.4, 0.5) is 0 Å². The van der Waals surface area contributed by atoms with Crippen molar-refractivity contribution in [3.8, 4) is 5.69 Å². The van der Waals surface area contributed by atoms with Crippen LogP contribution in [0.5, 0.6) is 0 Å². The first kappa shape index (κ1) is 19.8. The summed E-state index contributed by atoms with van der Waals surface area (Å²) in [4.78, 5) is 30.6. The maximum Gasteiger partial charge on any atom is 0.266 e. The third-order valence-corrected chi connectivity index (χ3v) is 6.13. The SMILES string of the molecule is Cc1ccc(-n2c(SCC(=O)c3ccccc3)nc3ccc(I)cc3c2=O)cc1. The minimum Gasteiger partial charge on any atom is -0.293 e. The summed E-state index contributed by atoms with van der Waals surface area (Å²) < 4.78 is 2.57. The van der Waals surface area contributed by atoms with E-state index in [1.165, 1.54) is 11.8 Å². The molecule has 0 fully saturated rings. The molecule has 0 aliphatic carbocycles. The molecule has 0 saturated heterocycles. The fourth-order valence-corrected chi connectivity index (χ4v) is 4.39. The highest BCUT2D eigenvalue weighted by Crippen LogP contribution is 2.23. The number of hydrogen-bond donors (Lipinski definition) is 0. The van der Waals surface area contributed by atoms with Crippen molar-refractivity contribution in [2.75, 3.05) is 5.75 Å². The maximum atomic E-state index is 13.3. The van der Waals surface area contributed by atoms with Gasteiger partial charge in [-0.15, -0.1) is 0 Å². The van der Waals surface area contributed by atoms with E-state index >= 15 is 0 Å². The molecule has 0 atom stereocenters. The van der Waals surface area contributed by atoms with E-state index in [9.17, 15) is 9.59 Å². The number of carbonyl (C=O) groups is 1. The summed E-state index contributed by atoms with van der Waals surface area (Å²) in [5.74, 6) is 0.209. The summed E-state index contributed by atoms with van der Waals surface area (Å²) in [6, 6.07) is 22.5. The topological polar surface area (TPSA) is 52.0 Å². The third kappa shape index (κ3) is 4.28. The fourth-order valence-electron chi connectivity index (χ4n) is 2.99. The lowest BCUT2D eigenvalue weighted by Crippen LogP contribution is -2.22. The summed E-state index contributed by atoms with van der Waals surface area (Å²) in [6.45, 7) is 2.00. The van der Waals surface area contributed by atoms with Gasteiger partial charge in [0.2, 0.25) is 0 Å². The summed E-state index contributed by atoms with van der Waals surface area (Å²) in [7, 11) is 0. The second-order valence-corrected chi connectivity index (χ2v) is 8.80. The predicted octanol–water partition coefficient (Wildman–Crippen LogP) is 5.27. The molecule has 0 amide bonds. The predicted molar refractivity (Wildman–Crippen MR) is 126 cm³/mol. The van der Waals surface area contributed by atoms with Crippen LogP contribution < -0.4 is 5.56 Å². The summed E-state index contributed by atoms with van der Waals surface area (Å²) >= 11 is 3.47. The molecule has 1 aromatic heterocycles. The van der Waals surface area contributed by atoms with Crippen molar-refractivity contribution in [1.29, 1.82) is 0 Å². The van der Waals surface area contributed by atoms with Gasteiger partial charge in [-0.2, -0.15) is 0 Å². The van der Waals surface area contributed by atoms with E-state index in [-0.39, 0.29) is 17.1 Å². The zero-order valence-corrected chi connectivity index (χ0v) is 18.6. The highest BCUT2D eigenvalue weighted by atomic mass is 127. The number of thioether (sulfide) groups is 1. The zero-order valence-electron chi connectivity index (χ0n) is 15.6. The van der Waals surface area contributed by atoms with Gasteiger partial charge in [0.15, 0.2) is 10.9 Å². The Kier molecular flexibility index (Phi) is 5.82. The maximum absolute atomic E-state index is 13.3. The van der Waals surface area contributed by atoms with Crippen molar-refractivity contribution < 1.29 is 4.79 Å². The standard InChI is InChI=1S/C23H17IN2O2S/c1-15-7-10-18(11-8-15)26-22(28)19-13-17(24)9-12-20(19)25-23(26)29-14-21(27)16-5-3-2-4-6-16/h2-13H,14H2,1H3. The first-order valence-electron chi connectivity index (χ1n) is 9.03. The summed E-state index contributed by atoms with van der Waals surface area (Å²) in [6.07, 6.45) is 0. The fraction of sp³-hybridized carbons (Fsp3) is 0.0870. The molecule has 1 heterocycles. The highest BCUT2D eigenvalue weighted by Gasteiger charge is 2.15. The van der Waals surface area contributed by atoms with E-state index in [0.29, 0.717) is 21.6 Å². The Hall–Kier alpha value is -2.45. The van der Waals surface area contributed by atoms with Gasteiger partial charge in [0.25, 0.3) is 5.56 Å². The number of hydrogen-bond acceptors (Lipinski definition) is 4. The van der Waals surface area contributed by atoms with Gasteiger partial charge in [-0.3, -0.25) is 14.2 Å². The second-order valence-electron chi connectivity index (χ2n) is 6.61. The first-order chi connectivity index (χ1) is 14.0. The molecular formula is C23H17IN2O2S. The van der Waals surface area contributed by atoms with Crippen molar-refractivity contribution >= 4 is 51.0 Å². The van der Waals surface area contributed by atoms with E-state index in [1.54, 1.807) is 16.7 Å². The Morgan fingerprint density at radius 1 is 1.03 bits per heavy atom. The Balaban J connectivity index is 1.80. The molecule has 0 unspecified atom stereocenters. The average Bonchev–Trinajstić information content (AvgIpc) is 2.74. The minimum atomic E-state index is -0.132. The molecule has 29 heavy (non-hydrogen) atoms. The molecule has 3 aromatic carbocycles. The number of rotatable bonds is 5. The quantitative estimate of drug-likeness (QED) is 0.158. The van der Waals surface area contributed by atoms with Crippen LogP contribution in [0.25, 0.3) is 16.6 Å². The van der Waals surface area contributed by atoms with Crippen LogP contribution in [0, 0.1) is 10.5 Å². The van der Waals surface area contributed by atoms with Gasteiger partial charge in [0.1, 0.15) is 0 Å². The Morgan fingerprint density at radius 3 is 2.48 bits per heavy atom. The zero-order chi connectivity index (χ0) is 20.4. The van der Waals surface area contributed by atoms with Gasteiger partial charge < -0.3 is 0 Å². The number of benzene rings is 3. The van der Waals surface area contributed by atoms with Crippen LogP contribution in [0.15, 0.2) is 82.7 Å². The number of Topliss-reactive ketones (excluding diaryl/α,β-unsaturated/α-hetero) is 1. The molecule has 0 saturated carbocycles. The summed E-state index contributed by atoms with van der Waals surface area (Å²) in [5, 5.41) is 1.08. The third-order valence-electron chi connectivity index (χ3n) is 4.52. The van der Waals surface area contributed by atoms with Gasteiger partial charge in [-0.1, -0.05) is 59.8 Å². The molecule has 0 bridgehead atoms. The molecule has 4 nitrogen and oxygen atoms in total. The van der Waals surface area contributed by atoms with E-state index in [1.807, 2.05) is 67.6 Å². The van der Waals surface area contributed by atoms with E-state index < -0.39 is 0 Å². The lowest BCUT2D eigenvalue weighted by molar-refractivity contribution is 0.102. The minimum absolute atomic E-state index is 0.00279. The van der Waals surface area contributed by atoms with E-state index in [0.717, 1.165) is 14.8 Å². The van der Waals surface area contributed by atoms with Gasteiger partial charge in [-0.25, -0.2) is 4.98 Å². The monoisotopic (exact) mass is 512 g/mol. The largest absolute Gasteiger partial charge is 0.293 e. The van der Waals surface area contributed by atoms with Crippen LogP contribution in [0.2, 0.25) is 0 Å². The molecule has 4 aromatic rings. The number of fused-ring (bicyclic) bond motifs is 1. The number of carbonyl (C=O) groups excluding carboxylic acids is 1. The van der Waals surface area contributed by atoms with Gasteiger partial charge in [0.05, 0.1) is 22.3 Å². The molecule has 4 rings (SSSR count). The average molecular weight is 512 g/mol. The van der Waals surface area contributed by atoms with Crippen molar-refractivity contribution in [2.24, 2.45) is 0 Å². The highest BCUT2D eigenvalue weighted by molar-refractivity contribution is 14.1. The Bertz CT molecular complexity index is 1250. The van der Waals surface area contributed by atoms with E-state index in [2.05, 4.69) is 22.6 Å². The number of aromatic nitrogens is 2. The number of aryl methyl sites for hydroxylation is 1. The van der Waals surface area contributed by atoms with Crippen LogP contribution >= 0.6 is 34.4 Å². The number of halogens is 1. The molecule has 0 spiro atoms. The van der Waals surface area contributed by atoms with Crippen LogP contribution in [-0.4, -0.2) is 21.1 Å². The molecule has 144 valence electrons. The molecule has 0 aliphatic rings. The second kappa shape index (κ2) is 8.51. The molecule has 0 radical (unpaired) electrons. The Morgan fingerprint density at radius 2 is 1.76 bits per heavy atom. The number of ketones is 1. The van der Waals surface area contributed by atoms with Gasteiger partial charge in [0, 0.05) is 9.13 Å². The van der Waals surface area contributed by atoms with Crippen LogP contribution in [0.1, 0.15) is 15.9 Å². The van der Waals surface area contributed by atoms with Crippen LogP contribution in [0.3, 0.4) is 0 Å². The van der Waals surface area contributed by atoms with Crippen molar-refractivity contribution in [3.05, 3.63) is 97.8 Å². The van der Waals surface area contributed by atoms with Crippen molar-refractivity contribution in [1.82, 2.24) is 9.55 Å². The van der Waals surface area contributed by atoms with Gasteiger partial charge >= 0.3 is 0 Å². The van der Waals surface area contributed by atoms with Gasteiger partial charge in [-0.05, 0) is 59.8 Å². The molecule has 0 aliphatic heterocycles.